The predicted molar refractivity (Wildman–Crippen MR) is 86.6 cm³/mol. The number of esters is 2. The highest BCUT2D eigenvalue weighted by Crippen LogP contribution is 2.23. The van der Waals surface area contributed by atoms with Crippen LogP contribution in [0.2, 0.25) is 0 Å². The predicted octanol–water partition coefficient (Wildman–Crippen LogP) is 3.74. The number of hydrogen-bond donors (Lipinski definition) is 0. The van der Waals surface area contributed by atoms with Gasteiger partial charge in [0.1, 0.15) is 17.1 Å². The van der Waals surface area contributed by atoms with Crippen LogP contribution in [0.15, 0.2) is 42.5 Å². The topological polar surface area (TPSA) is 52.6 Å². The fourth-order valence-corrected chi connectivity index (χ4v) is 2.07. The first kappa shape index (κ1) is 15.5. The van der Waals surface area contributed by atoms with Gasteiger partial charge in [-0.2, -0.15) is 0 Å². The Kier molecular flexibility index (Phi) is 4.95. The van der Waals surface area contributed by atoms with Crippen LogP contribution in [-0.2, 0) is 4.79 Å². The first-order valence-electron chi connectivity index (χ1n) is 6.22. The van der Waals surface area contributed by atoms with Crippen molar-refractivity contribution in [1.29, 1.82) is 0 Å². The third-order valence-electron chi connectivity index (χ3n) is 2.63. The molecule has 0 spiro atoms. The molecule has 0 N–H and O–H groups in total. The summed E-state index contributed by atoms with van der Waals surface area (Å²) >= 11 is 2.17. The van der Waals surface area contributed by atoms with E-state index in [-0.39, 0.29) is 11.3 Å². The molecule has 0 amide bonds. The summed E-state index contributed by atoms with van der Waals surface area (Å²) in [5.41, 5.74) is 1.10. The number of halogens is 1. The maximum Gasteiger partial charge on any atom is 0.347 e. The van der Waals surface area contributed by atoms with E-state index in [0.29, 0.717) is 5.75 Å². The van der Waals surface area contributed by atoms with Crippen molar-refractivity contribution in [2.75, 3.05) is 0 Å². The zero-order chi connectivity index (χ0) is 15.4. The molecule has 0 atom stereocenters. The van der Waals surface area contributed by atoms with Crippen molar-refractivity contribution in [2.45, 2.75) is 13.8 Å². The van der Waals surface area contributed by atoms with Crippen LogP contribution >= 0.6 is 22.6 Å². The molecule has 0 aromatic heterocycles. The van der Waals surface area contributed by atoms with Crippen LogP contribution in [0, 0.1) is 10.5 Å². The average molecular weight is 396 g/mol. The van der Waals surface area contributed by atoms with Crippen LogP contribution in [0.25, 0.3) is 0 Å². The minimum Gasteiger partial charge on any atom is -0.426 e. The molecule has 0 aliphatic carbocycles. The van der Waals surface area contributed by atoms with Crippen LogP contribution in [0.5, 0.6) is 11.5 Å². The highest BCUT2D eigenvalue weighted by molar-refractivity contribution is 14.1. The van der Waals surface area contributed by atoms with E-state index >= 15 is 0 Å². The fraction of sp³-hybridized carbons (Fsp3) is 0.125. The van der Waals surface area contributed by atoms with E-state index in [1.54, 1.807) is 30.3 Å². The number of benzene rings is 2. The second-order valence-electron chi connectivity index (χ2n) is 4.44. The smallest absolute Gasteiger partial charge is 0.347 e. The van der Waals surface area contributed by atoms with Gasteiger partial charge in [-0.3, -0.25) is 4.79 Å². The highest BCUT2D eigenvalue weighted by atomic mass is 127. The Balaban J connectivity index is 2.27. The first-order valence-corrected chi connectivity index (χ1v) is 7.30. The van der Waals surface area contributed by atoms with E-state index in [9.17, 15) is 9.59 Å². The van der Waals surface area contributed by atoms with Crippen LogP contribution in [0.1, 0.15) is 22.8 Å². The summed E-state index contributed by atoms with van der Waals surface area (Å²) in [6.45, 7) is 3.13. The average Bonchev–Trinajstić information content (AvgIpc) is 2.43. The summed E-state index contributed by atoms with van der Waals surface area (Å²) < 4.78 is 11.4. The van der Waals surface area contributed by atoms with Gasteiger partial charge < -0.3 is 9.47 Å². The van der Waals surface area contributed by atoms with E-state index in [2.05, 4.69) is 22.6 Å². The van der Waals surface area contributed by atoms with E-state index < -0.39 is 11.9 Å². The number of carbonyl (C=O) groups is 2. The van der Waals surface area contributed by atoms with Gasteiger partial charge in [0.05, 0.1) is 0 Å². The Hall–Kier alpha value is -1.89. The molecule has 0 aliphatic heterocycles. The lowest BCUT2D eigenvalue weighted by molar-refractivity contribution is -0.131. The SMILES string of the molecule is CC(=O)Oc1ccc(C)cc1C(=O)Oc1ccc(I)cc1. The van der Waals surface area contributed by atoms with Crippen LogP contribution < -0.4 is 9.47 Å². The van der Waals surface area contributed by atoms with Gasteiger partial charge in [0.15, 0.2) is 0 Å². The molecule has 0 saturated heterocycles. The quantitative estimate of drug-likeness (QED) is 0.451. The zero-order valence-corrected chi connectivity index (χ0v) is 13.7. The maximum absolute atomic E-state index is 12.2. The van der Waals surface area contributed by atoms with Crippen molar-refractivity contribution >= 4 is 34.5 Å². The Morgan fingerprint density at radius 2 is 1.67 bits per heavy atom. The molecule has 0 radical (unpaired) electrons. The van der Waals surface area contributed by atoms with E-state index in [1.807, 2.05) is 19.1 Å². The van der Waals surface area contributed by atoms with Gasteiger partial charge in [0, 0.05) is 10.5 Å². The summed E-state index contributed by atoms with van der Waals surface area (Å²) in [5.74, 6) is -0.405. The van der Waals surface area contributed by atoms with Crippen LogP contribution in [0.4, 0.5) is 0 Å². The monoisotopic (exact) mass is 396 g/mol. The molecule has 108 valence electrons. The second-order valence-corrected chi connectivity index (χ2v) is 5.68. The van der Waals surface area contributed by atoms with Gasteiger partial charge in [-0.1, -0.05) is 6.07 Å². The molecule has 2 aromatic carbocycles. The number of aryl methyl sites for hydroxylation is 1. The van der Waals surface area contributed by atoms with Crippen molar-refractivity contribution < 1.29 is 19.1 Å². The van der Waals surface area contributed by atoms with Crippen molar-refractivity contribution in [2.24, 2.45) is 0 Å². The number of rotatable bonds is 3. The van der Waals surface area contributed by atoms with Gasteiger partial charge in [-0.25, -0.2) is 4.79 Å². The Morgan fingerprint density at radius 3 is 2.29 bits per heavy atom. The molecular formula is C16H13IO4. The van der Waals surface area contributed by atoms with Gasteiger partial charge in [0.2, 0.25) is 0 Å². The molecule has 0 fully saturated rings. The van der Waals surface area contributed by atoms with Gasteiger partial charge in [-0.15, -0.1) is 0 Å². The van der Waals surface area contributed by atoms with Crippen molar-refractivity contribution in [3.63, 3.8) is 0 Å². The molecule has 5 heteroatoms. The normalized spacial score (nSPS) is 10.0. The summed E-state index contributed by atoms with van der Waals surface area (Å²) in [6, 6.07) is 12.1. The number of ether oxygens (including phenoxy) is 2. The molecule has 0 saturated carbocycles. The Morgan fingerprint density at radius 1 is 1.00 bits per heavy atom. The van der Waals surface area contributed by atoms with E-state index in [0.717, 1.165) is 9.13 Å². The van der Waals surface area contributed by atoms with Gasteiger partial charge >= 0.3 is 11.9 Å². The fourth-order valence-electron chi connectivity index (χ4n) is 1.71. The van der Waals surface area contributed by atoms with E-state index in [1.165, 1.54) is 6.92 Å². The Labute approximate surface area is 136 Å². The van der Waals surface area contributed by atoms with Crippen molar-refractivity contribution in [3.8, 4) is 11.5 Å². The van der Waals surface area contributed by atoms with Crippen molar-refractivity contribution in [1.82, 2.24) is 0 Å². The molecule has 0 bridgehead atoms. The molecule has 2 rings (SSSR count). The number of hydrogen-bond acceptors (Lipinski definition) is 4. The summed E-state index contributed by atoms with van der Waals surface area (Å²) in [6.07, 6.45) is 0. The lowest BCUT2D eigenvalue weighted by Crippen LogP contribution is -2.13. The molecular weight excluding hydrogens is 383 g/mol. The summed E-state index contributed by atoms with van der Waals surface area (Å²) in [7, 11) is 0. The van der Waals surface area contributed by atoms with Crippen LogP contribution in [-0.4, -0.2) is 11.9 Å². The zero-order valence-electron chi connectivity index (χ0n) is 11.6. The van der Waals surface area contributed by atoms with Crippen LogP contribution in [0.3, 0.4) is 0 Å². The summed E-state index contributed by atoms with van der Waals surface area (Å²) in [5, 5.41) is 0. The molecule has 2 aromatic rings. The lowest BCUT2D eigenvalue weighted by atomic mass is 10.1. The largest absolute Gasteiger partial charge is 0.426 e. The molecule has 0 aliphatic rings. The number of carbonyl (C=O) groups excluding carboxylic acids is 2. The minimum absolute atomic E-state index is 0.198. The maximum atomic E-state index is 12.2. The van der Waals surface area contributed by atoms with Crippen molar-refractivity contribution in [3.05, 3.63) is 57.2 Å². The third-order valence-corrected chi connectivity index (χ3v) is 3.35. The molecule has 4 nitrogen and oxygen atoms in total. The molecule has 0 heterocycles. The molecule has 0 unspecified atom stereocenters. The summed E-state index contributed by atoms with van der Waals surface area (Å²) in [4.78, 5) is 23.3. The minimum atomic E-state index is -0.559. The second kappa shape index (κ2) is 6.71. The first-order chi connectivity index (χ1) is 9.95. The third kappa shape index (κ3) is 4.29. The van der Waals surface area contributed by atoms with Gasteiger partial charge in [-0.05, 0) is 71.5 Å². The van der Waals surface area contributed by atoms with E-state index in [4.69, 9.17) is 9.47 Å². The Bertz CT molecular complexity index is 677. The van der Waals surface area contributed by atoms with Gasteiger partial charge in [0.25, 0.3) is 0 Å². The standard InChI is InChI=1S/C16H13IO4/c1-10-3-8-15(20-11(2)18)14(9-10)16(19)21-13-6-4-12(17)5-7-13/h3-9H,1-2H3. The lowest BCUT2D eigenvalue weighted by Gasteiger charge is -2.10. The molecule has 21 heavy (non-hydrogen) atoms. The highest BCUT2D eigenvalue weighted by Gasteiger charge is 2.16.